The van der Waals surface area contributed by atoms with E-state index in [1.165, 1.54) is 0 Å². The Kier molecular flexibility index (Phi) is 4.10. The van der Waals surface area contributed by atoms with Crippen LogP contribution in [0.3, 0.4) is 0 Å². The molecule has 1 aliphatic carbocycles. The number of carbonyl (C=O) groups is 2. The Balaban J connectivity index is 1.78. The second-order valence-electron chi connectivity index (χ2n) is 6.90. The number of hydrogen-bond donors (Lipinski definition) is 0. The molecule has 0 radical (unpaired) electrons. The van der Waals surface area contributed by atoms with Crippen molar-refractivity contribution in [2.45, 2.75) is 26.0 Å². The minimum Gasteiger partial charge on any atom is -0.379 e. The summed E-state index contributed by atoms with van der Waals surface area (Å²) in [6.07, 6.45) is 0.758. The van der Waals surface area contributed by atoms with Crippen molar-refractivity contribution in [3.8, 4) is 0 Å². The number of ketones is 2. The van der Waals surface area contributed by atoms with E-state index in [-0.39, 0.29) is 24.1 Å². The van der Waals surface area contributed by atoms with E-state index in [4.69, 9.17) is 9.47 Å². The van der Waals surface area contributed by atoms with Crippen LogP contribution in [0.2, 0.25) is 0 Å². The third kappa shape index (κ3) is 2.34. The van der Waals surface area contributed by atoms with Crippen molar-refractivity contribution in [1.29, 1.82) is 0 Å². The van der Waals surface area contributed by atoms with E-state index in [0.717, 1.165) is 19.5 Å². The molecule has 1 fully saturated rings. The maximum atomic E-state index is 13.2. The van der Waals surface area contributed by atoms with Gasteiger partial charge in [0.1, 0.15) is 5.72 Å². The van der Waals surface area contributed by atoms with Crippen molar-refractivity contribution in [1.82, 2.24) is 4.90 Å². The predicted molar refractivity (Wildman–Crippen MR) is 92.7 cm³/mol. The number of ether oxygens (including phenoxy) is 2. The van der Waals surface area contributed by atoms with Crippen molar-refractivity contribution >= 4 is 11.6 Å². The van der Waals surface area contributed by atoms with E-state index in [9.17, 15) is 9.59 Å². The van der Waals surface area contributed by atoms with Crippen molar-refractivity contribution in [3.05, 3.63) is 46.5 Å². The SMILES string of the molecule is CC[C@]1(N2CCOCC2)OCC2=C(C(=O)c3ccccc3C2=O)[C@@H]1C. The molecule has 0 aromatic heterocycles. The maximum Gasteiger partial charge on any atom is 0.192 e. The molecule has 1 aromatic rings. The quantitative estimate of drug-likeness (QED) is 0.827. The zero-order valence-corrected chi connectivity index (χ0v) is 14.7. The maximum absolute atomic E-state index is 13.2. The molecule has 5 heteroatoms. The fourth-order valence-electron chi connectivity index (χ4n) is 4.53. The molecule has 2 heterocycles. The lowest BCUT2D eigenvalue weighted by atomic mass is 9.73. The average Bonchev–Trinajstić information content (AvgIpc) is 2.67. The lowest BCUT2D eigenvalue weighted by Crippen LogP contribution is -2.61. The number of benzene rings is 1. The molecular weight excluding hydrogens is 318 g/mol. The van der Waals surface area contributed by atoms with E-state index in [1.54, 1.807) is 18.2 Å². The fourth-order valence-corrected chi connectivity index (χ4v) is 4.53. The van der Waals surface area contributed by atoms with E-state index in [2.05, 4.69) is 11.8 Å². The summed E-state index contributed by atoms with van der Waals surface area (Å²) in [6.45, 7) is 7.19. The molecule has 25 heavy (non-hydrogen) atoms. The molecule has 0 bridgehead atoms. The van der Waals surface area contributed by atoms with E-state index >= 15 is 0 Å². The fraction of sp³-hybridized carbons (Fsp3) is 0.500. The second kappa shape index (κ2) is 6.16. The van der Waals surface area contributed by atoms with Crippen molar-refractivity contribution in [3.63, 3.8) is 0 Å². The van der Waals surface area contributed by atoms with Gasteiger partial charge < -0.3 is 9.47 Å². The minimum atomic E-state index is -0.551. The molecule has 2 atom stereocenters. The summed E-state index contributed by atoms with van der Waals surface area (Å²) in [6, 6.07) is 7.10. The van der Waals surface area contributed by atoms with E-state index < -0.39 is 5.72 Å². The third-order valence-electron chi connectivity index (χ3n) is 5.89. The summed E-state index contributed by atoms with van der Waals surface area (Å²) in [7, 11) is 0. The third-order valence-corrected chi connectivity index (χ3v) is 5.89. The molecule has 5 nitrogen and oxygen atoms in total. The van der Waals surface area contributed by atoms with Crippen molar-refractivity contribution < 1.29 is 19.1 Å². The highest BCUT2D eigenvalue weighted by Gasteiger charge is 2.51. The zero-order chi connectivity index (χ0) is 17.6. The van der Waals surface area contributed by atoms with Crippen LogP contribution in [-0.4, -0.2) is 55.1 Å². The molecule has 0 N–H and O–H groups in total. The summed E-state index contributed by atoms with van der Waals surface area (Å²) in [5, 5.41) is 0. The molecule has 0 amide bonds. The summed E-state index contributed by atoms with van der Waals surface area (Å²) < 4.78 is 11.8. The normalized spacial score (nSPS) is 30.2. The van der Waals surface area contributed by atoms with Crippen molar-refractivity contribution in [2.24, 2.45) is 5.92 Å². The number of nitrogens with zero attached hydrogens (tertiary/aromatic N) is 1. The lowest BCUT2D eigenvalue weighted by Gasteiger charge is -2.51. The van der Waals surface area contributed by atoms with Crippen LogP contribution in [0.25, 0.3) is 0 Å². The molecule has 4 rings (SSSR count). The van der Waals surface area contributed by atoms with E-state index in [0.29, 0.717) is 35.5 Å². The Morgan fingerprint density at radius 2 is 1.76 bits per heavy atom. The highest BCUT2D eigenvalue weighted by atomic mass is 16.5. The van der Waals surface area contributed by atoms with Crippen LogP contribution in [0.4, 0.5) is 0 Å². The van der Waals surface area contributed by atoms with Gasteiger partial charge in [0.2, 0.25) is 0 Å². The topological polar surface area (TPSA) is 55.8 Å². The van der Waals surface area contributed by atoms with Gasteiger partial charge >= 0.3 is 0 Å². The number of fused-ring (bicyclic) bond motifs is 1. The number of rotatable bonds is 2. The van der Waals surface area contributed by atoms with Crippen LogP contribution >= 0.6 is 0 Å². The zero-order valence-electron chi connectivity index (χ0n) is 14.7. The number of carbonyl (C=O) groups excluding carboxylic acids is 2. The largest absolute Gasteiger partial charge is 0.379 e. The molecule has 0 unspecified atom stereocenters. The Labute approximate surface area is 147 Å². The van der Waals surface area contributed by atoms with Gasteiger partial charge in [-0.3, -0.25) is 14.5 Å². The molecule has 0 spiro atoms. The monoisotopic (exact) mass is 341 g/mol. The molecule has 1 aromatic carbocycles. The first-order valence-corrected chi connectivity index (χ1v) is 8.98. The summed E-state index contributed by atoms with van der Waals surface area (Å²) in [4.78, 5) is 28.4. The smallest absolute Gasteiger partial charge is 0.192 e. The summed E-state index contributed by atoms with van der Waals surface area (Å²) in [5.41, 5.74) is 1.64. The van der Waals surface area contributed by atoms with Gasteiger partial charge in [-0.2, -0.15) is 0 Å². The highest BCUT2D eigenvalue weighted by molar-refractivity contribution is 6.27. The van der Waals surface area contributed by atoms with Gasteiger partial charge in [-0.15, -0.1) is 0 Å². The Morgan fingerprint density at radius 3 is 2.40 bits per heavy atom. The van der Waals surface area contributed by atoms with Gasteiger partial charge in [0.25, 0.3) is 0 Å². The van der Waals surface area contributed by atoms with Crippen molar-refractivity contribution in [2.75, 3.05) is 32.9 Å². The highest BCUT2D eigenvalue weighted by Crippen LogP contribution is 2.44. The Hall–Kier alpha value is -1.82. The van der Waals surface area contributed by atoms with Crippen LogP contribution in [0, 0.1) is 5.92 Å². The molecular formula is C20H23NO4. The number of hydrogen-bond acceptors (Lipinski definition) is 5. The number of Topliss-reactive ketones (excluding diaryl/α,β-unsaturated/α-hetero) is 2. The molecule has 0 saturated carbocycles. The summed E-state index contributed by atoms with van der Waals surface area (Å²) in [5.74, 6) is -0.250. The van der Waals surface area contributed by atoms with Gasteiger partial charge in [-0.05, 0) is 6.42 Å². The molecule has 132 valence electrons. The Bertz CT molecular complexity index is 763. The van der Waals surface area contributed by atoms with Gasteiger partial charge in [0.05, 0.1) is 19.8 Å². The van der Waals surface area contributed by atoms with Gasteiger partial charge in [-0.1, -0.05) is 38.1 Å². The van der Waals surface area contributed by atoms with Crippen LogP contribution in [-0.2, 0) is 9.47 Å². The first-order valence-electron chi connectivity index (χ1n) is 8.98. The molecule has 1 saturated heterocycles. The molecule has 3 aliphatic rings. The molecule has 2 aliphatic heterocycles. The van der Waals surface area contributed by atoms with Gasteiger partial charge in [0, 0.05) is 41.3 Å². The number of morpholine rings is 1. The first-order chi connectivity index (χ1) is 12.1. The summed E-state index contributed by atoms with van der Waals surface area (Å²) >= 11 is 0. The average molecular weight is 341 g/mol. The van der Waals surface area contributed by atoms with E-state index in [1.807, 2.05) is 13.0 Å². The second-order valence-corrected chi connectivity index (χ2v) is 6.90. The van der Waals surface area contributed by atoms with Crippen LogP contribution < -0.4 is 0 Å². The minimum absolute atomic E-state index is 0.0212. The van der Waals surface area contributed by atoms with Crippen LogP contribution in [0.5, 0.6) is 0 Å². The van der Waals surface area contributed by atoms with Crippen LogP contribution in [0.15, 0.2) is 35.4 Å². The van der Waals surface area contributed by atoms with Gasteiger partial charge in [-0.25, -0.2) is 0 Å². The van der Waals surface area contributed by atoms with Crippen LogP contribution in [0.1, 0.15) is 41.0 Å². The Morgan fingerprint density at radius 1 is 1.12 bits per heavy atom. The lowest BCUT2D eigenvalue weighted by molar-refractivity contribution is -0.201. The van der Waals surface area contributed by atoms with Gasteiger partial charge in [0.15, 0.2) is 11.6 Å². The first kappa shape index (κ1) is 16.6. The standard InChI is InChI=1S/C20H23NO4/c1-3-20(21-8-10-24-11-9-21)13(2)17-16(12-25-20)18(22)14-6-4-5-7-15(14)19(17)23/h4-7,13H,3,8-12H2,1-2H3/t13-,20-/m0/s1. The predicted octanol–water partition coefficient (Wildman–Crippen LogP) is 2.47.